The number of alkyl halides is 3. The van der Waals surface area contributed by atoms with E-state index in [2.05, 4.69) is 20.9 Å². The quantitative estimate of drug-likeness (QED) is 0.240. The van der Waals surface area contributed by atoms with Gasteiger partial charge in [-0.3, -0.25) is 4.79 Å². The maximum absolute atomic E-state index is 13.0. The maximum Gasteiger partial charge on any atom is 0.416 e. The molecule has 32 heavy (non-hydrogen) atoms. The van der Waals surface area contributed by atoms with Crippen molar-refractivity contribution in [2.24, 2.45) is 10.4 Å². The minimum Gasteiger partial charge on any atom is -0.469 e. The van der Waals surface area contributed by atoms with Crippen molar-refractivity contribution in [1.82, 2.24) is 16.0 Å². The number of halogens is 4. The summed E-state index contributed by atoms with van der Waals surface area (Å²) in [6.45, 7) is 6.84. The Morgan fingerprint density at radius 2 is 1.84 bits per heavy atom. The zero-order valence-corrected chi connectivity index (χ0v) is 20.7. The second-order valence-electron chi connectivity index (χ2n) is 7.72. The lowest BCUT2D eigenvalue weighted by atomic mass is 9.92. The molecule has 10 heteroatoms. The number of amides is 1. The van der Waals surface area contributed by atoms with Crippen molar-refractivity contribution in [1.29, 1.82) is 0 Å². The Morgan fingerprint density at radius 3 is 2.47 bits per heavy atom. The van der Waals surface area contributed by atoms with Crippen LogP contribution in [0.25, 0.3) is 0 Å². The first-order chi connectivity index (χ1) is 14.6. The number of rotatable bonds is 9. The Hall–Kier alpha value is -2.24. The van der Waals surface area contributed by atoms with Gasteiger partial charge in [0.2, 0.25) is 5.91 Å². The third-order valence-electron chi connectivity index (χ3n) is 4.57. The lowest BCUT2D eigenvalue weighted by molar-refractivity contribution is -0.137. The van der Waals surface area contributed by atoms with Gasteiger partial charge >= 0.3 is 6.18 Å². The number of carbonyl (C=O) groups excluding carboxylic acids is 1. The van der Waals surface area contributed by atoms with E-state index < -0.39 is 17.2 Å². The predicted octanol–water partition coefficient (Wildman–Crippen LogP) is 4.36. The van der Waals surface area contributed by atoms with Gasteiger partial charge in [0.05, 0.1) is 23.8 Å². The SMILES string of the molecule is CCNC(=O)C(C)(C)CNC(=NCc1cccc(C(F)(F)F)c1)NCCc1ccco1.I. The molecule has 1 aromatic heterocycles. The molecule has 6 nitrogen and oxygen atoms in total. The molecule has 0 aliphatic heterocycles. The molecule has 0 spiro atoms. The molecule has 0 saturated carbocycles. The number of nitrogens with zero attached hydrogens (tertiary/aromatic N) is 1. The first-order valence-electron chi connectivity index (χ1n) is 10.1. The van der Waals surface area contributed by atoms with Crippen molar-refractivity contribution in [3.63, 3.8) is 0 Å². The fraction of sp³-hybridized carbons (Fsp3) is 0.455. The van der Waals surface area contributed by atoms with E-state index in [-0.39, 0.29) is 36.4 Å². The van der Waals surface area contributed by atoms with Gasteiger partial charge in [-0.1, -0.05) is 12.1 Å². The van der Waals surface area contributed by atoms with Crippen LogP contribution < -0.4 is 16.0 Å². The topological polar surface area (TPSA) is 78.7 Å². The van der Waals surface area contributed by atoms with E-state index in [1.165, 1.54) is 6.07 Å². The number of hydrogen-bond donors (Lipinski definition) is 3. The molecule has 3 N–H and O–H groups in total. The lowest BCUT2D eigenvalue weighted by Gasteiger charge is -2.25. The van der Waals surface area contributed by atoms with Crippen molar-refractivity contribution >= 4 is 35.8 Å². The van der Waals surface area contributed by atoms with Crippen molar-refractivity contribution < 1.29 is 22.4 Å². The fourth-order valence-corrected chi connectivity index (χ4v) is 2.73. The summed E-state index contributed by atoms with van der Waals surface area (Å²) in [5, 5.41) is 9.05. The van der Waals surface area contributed by atoms with Crippen molar-refractivity contribution in [3.05, 3.63) is 59.5 Å². The van der Waals surface area contributed by atoms with E-state index >= 15 is 0 Å². The molecule has 0 fully saturated rings. The molecule has 0 unspecified atom stereocenters. The maximum atomic E-state index is 13.0. The molecule has 1 amide bonds. The number of furan rings is 1. The van der Waals surface area contributed by atoms with Crippen LogP contribution in [0.4, 0.5) is 13.2 Å². The highest BCUT2D eigenvalue weighted by atomic mass is 127. The van der Waals surface area contributed by atoms with Gasteiger partial charge in [0, 0.05) is 26.1 Å². The minimum atomic E-state index is -4.40. The number of carbonyl (C=O) groups is 1. The molecule has 0 bridgehead atoms. The molecular weight excluding hydrogens is 536 g/mol. The Kier molecular flexibility index (Phi) is 11.0. The summed E-state index contributed by atoms with van der Waals surface area (Å²) >= 11 is 0. The smallest absolute Gasteiger partial charge is 0.416 e. The van der Waals surface area contributed by atoms with Gasteiger partial charge in [-0.05, 0) is 50.6 Å². The van der Waals surface area contributed by atoms with Gasteiger partial charge in [0.1, 0.15) is 5.76 Å². The molecule has 1 aromatic carbocycles. The summed E-state index contributed by atoms with van der Waals surface area (Å²) in [5.41, 5.74) is -0.974. The van der Waals surface area contributed by atoms with Crippen LogP contribution in [0.5, 0.6) is 0 Å². The standard InChI is InChI=1S/C22H29F3N4O2.HI/c1-4-26-19(30)21(2,3)15-29-20(27-11-10-18-9-6-12-31-18)28-14-16-7-5-8-17(13-16)22(23,24)25;/h5-9,12-13H,4,10-11,14-15H2,1-3H3,(H,26,30)(H2,27,28,29);1H. The average molecular weight is 566 g/mol. The zero-order chi connectivity index (χ0) is 22.9. The van der Waals surface area contributed by atoms with Crippen LogP contribution in [0.15, 0.2) is 52.1 Å². The summed E-state index contributed by atoms with van der Waals surface area (Å²) in [6.07, 6.45) is -2.21. The lowest BCUT2D eigenvalue weighted by Crippen LogP contribution is -2.48. The van der Waals surface area contributed by atoms with Crippen LogP contribution in [0, 0.1) is 5.41 Å². The number of benzene rings is 1. The third-order valence-corrected chi connectivity index (χ3v) is 4.57. The highest BCUT2D eigenvalue weighted by Gasteiger charge is 2.30. The Balaban J connectivity index is 0.00000512. The monoisotopic (exact) mass is 566 g/mol. The summed E-state index contributed by atoms with van der Waals surface area (Å²) in [6, 6.07) is 8.73. The zero-order valence-electron chi connectivity index (χ0n) is 18.4. The van der Waals surface area contributed by atoms with Crippen LogP contribution in [-0.2, 0) is 23.9 Å². The van der Waals surface area contributed by atoms with E-state index in [0.717, 1.165) is 17.9 Å². The molecular formula is C22H30F3IN4O2. The van der Waals surface area contributed by atoms with Crippen LogP contribution in [0.2, 0.25) is 0 Å². The number of nitrogens with one attached hydrogen (secondary N) is 3. The largest absolute Gasteiger partial charge is 0.469 e. The van der Waals surface area contributed by atoms with E-state index in [1.54, 1.807) is 32.2 Å². The number of guanidine groups is 1. The predicted molar refractivity (Wildman–Crippen MR) is 129 cm³/mol. The van der Waals surface area contributed by atoms with Crippen molar-refractivity contribution in [2.45, 2.75) is 39.9 Å². The van der Waals surface area contributed by atoms with Crippen molar-refractivity contribution in [3.8, 4) is 0 Å². The molecule has 0 atom stereocenters. The molecule has 2 aromatic rings. The van der Waals surface area contributed by atoms with Gasteiger partial charge in [-0.15, -0.1) is 24.0 Å². The van der Waals surface area contributed by atoms with Gasteiger partial charge < -0.3 is 20.4 Å². The first kappa shape index (κ1) is 27.8. The summed E-state index contributed by atoms with van der Waals surface area (Å²) in [7, 11) is 0. The van der Waals surface area contributed by atoms with Gasteiger partial charge in [-0.25, -0.2) is 4.99 Å². The Morgan fingerprint density at radius 1 is 1.09 bits per heavy atom. The number of hydrogen-bond acceptors (Lipinski definition) is 3. The molecule has 0 radical (unpaired) electrons. The second kappa shape index (κ2) is 12.7. The van der Waals surface area contributed by atoms with Gasteiger partial charge in [0.15, 0.2) is 5.96 Å². The van der Waals surface area contributed by atoms with Crippen LogP contribution >= 0.6 is 24.0 Å². The molecule has 0 aliphatic rings. The molecule has 1 heterocycles. The Labute approximate surface area is 203 Å². The van der Waals surface area contributed by atoms with Gasteiger partial charge in [-0.2, -0.15) is 13.2 Å². The highest BCUT2D eigenvalue weighted by Crippen LogP contribution is 2.29. The molecule has 178 valence electrons. The third kappa shape index (κ3) is 9.09. The normalized spacial score (nSPS) is 12.1. The minimum absolute atomic E-state index is 0. The van der Waals surface area contributed by atoms with E-state index in [1.807, 2.05) is 13.0 Å². The fourth-order valence-electron chi connectivity index (χ4n) is 2.73. The summed E-state index contributed by atoms with van der Waals surface area (Å²) in [4.78, 5) is 16.6. The van der Waals surface area contributed by atoms with Crippen molar-refractivity contribution in [2.75, 3.05) is 19.6 Å². The van der Waals surface area contributed by atoms with Crippen LogP contribution in [0.3, 0.4) is 0 Å². The summed E-state index contributed by atoms with van der Waals surface area (Å²) < 4.78 is 44.2. The first-order valence-corrected chi connectivity index (χ1v) is 10.1. The Bertz CT molecular complexity index is 868. The van der Waals surface area contributed by atoms with E-state index in [0.29, 0.717) is 37.6 Å². The van der Waals surface area contributed by atoms with Crippen LogP contribution in [-0.4, -0.2) is 31.5 Å². The molecule has 2 rings (SSSR count). The molecule has 0 aliphatic carbocycles. The summed E-state index contributed by atoms with van der Waals surface area (Å²) in [5.74, 6) is 1.10. The van der Waals surface area contributed by atoms with E-state index in [9.17, 15) is 18.0 Å². The average Bonchev–Trinajstić information content (AvgIpc) is 3.23. The second-order valence-corrected chi connectivity index (χ2v) is 7.72. The van der Waals surface area contributed by atoms with Crippen LogP contribution in [0.1, 0.15) is 37.7 Å². The number of aliphatic imine (C=N–C) groups is 1. The van der Waals surface area contributed by atoms with E-state index in [4.69, 9.17) is 4.42 Å². The molecule has 0 saturated heterocycles. The van der Waals surface area contributed by atoms with Gasteiger partial charge in [0.25, 0.3) is 0 Å². The highest BCUT2D eigenvalue weighted by molar-refractivity contribution is 14.0.